The first-order valence-corrected chi connectivity index (χ1v) is 7.94. The Morgan fingerprint density at radius 2 is 1.33 bits per heavy atom. The van der Waals surface area contributed by atoms with Gasteiger partial charge >= 0.3 is 0 Å². The lowest BCUT2D eigenvalue weighted by molar-refractivity contribution is -0.0124. The van der Waals surface area contributed by atoms with Gasteiger partial charge in [-0.3, -0.25) is 0 Å². The summed E-state index contributed by atoms with van der Waals surface area (Å²) in [5, 5.41) is 0. The van der Waals surface area contributed by atoms with Crippen LogP contribution in [0, 0.1) is 5.41 Å². The first-order valence-electron chi connectivity index (χ1n) is 7.94. The summed E-state index contributed by atoms with van der Waals surface area (Å²) in [5.74, 6) is 0. The molecular weight excluding hydrogens is 220 g/mol. The number of hydrogen-bond donors (Lipinski definition) is 0. The van der Waals surface area contributed by atoms with E-state index < -0.39 is 0 Å². The molecule has 18 heavy (non-hydrogen) atoms. The van der Waals surface area contributed by atoms with Crippen molar-refractivity contribution >= 4 is 0 Å². The van der Waals surface area contributed by atoms with E-state index in [0.29, 0.717) is 5.41 Å². The minimum atomic E-state index is 0.105. The molecule has 0 saturated heterocycles. The Labute approximate surface area is 116 Å². The highest BCUT2D eigenvalue weighted by molar-refractivity contribution is 4.76. The molecule has 0 heterocycles. The van der Waals surface area contributed by atoms with E-state index in [2.05, 4.69) is 34.6 Å². The van der Waals surface area contributed by atoms with Gasteiger partial charge in [-0.25, -0.2) is 0 Å². The Morgan fingerprint density at radius 3 is 1.83 bits per heavy atom. The minimum Gasteiger partial charge on any atom is -0.379 e. The quantitative estimate of drug-likeness (QED) is 0.414. The minimum absolute atomic E-state index is 0.105. The summed E-state index contributed by atoms with van der Waals surface area (Å²) < 4.78 is 5.69. The van der Waals surface area contributed by atoms with Gasteiger partial charge in [-0.1, -0.05) is 59.8 Å². The molecule has 1 atom stereocenters. The fraction of sp³-hybridized carbons (Fsp3) is 1.00. The zero-order valence-electron chi connectivity index (χ0n) is 13.8. The van der Waals surface area contributed by atoms with Crippen molar-refractivity contribution in [2.24, 2.45) is 5.41 Å². The van der Waals surface area contributed by atoms with Gasteiger partial charge in [0.05, 0.1) is 5.60 Å². The molecule has 110 valence electrons. The molecule has 0 spiro atoms. The molecule has 1 unspecified atom stereocenters. The van der Waals surface area contributed by atoms with E-state index >= 15 is 0 Å². The van der Waals surface area contributed by atoms with Crippen molar-refractivity contribution in [2.45, 2.75) is 98.0 Å². The maximum absolute atomic E-state index is 5.69. The summed E-state index contributed by atoms with van der Waals surface area (Å²) >= 11 is 0. The summed E-state index contributed by atoms with van der Waals surface area (Å²) in [7, 11) is 1.86. The molecule has 0 fully saturated rings. The number of methoxy groups -OCH3 is 1. The molecule has 1 heteroatoms. The molecule has 0 amide bonds. The molecule has 0 aromatic carbocycles. The third-order valence-corrected chi connectivity index (χ3v) is 4.29. The Balaban J connectivity index is 3.92. The summed E-state index contributed by atoms with van der Waals surface area (Å²) in [5.41, 5.74) is 0.615. The van der Waals surface area contributed by atoms with Crippen LogP contribution in [0.1, 0.15) is 92.4 Å². The number of ether oxygens (including phenoxy) is 1. The van der Waals surface area contributed by atoms with Crippen LogP contribution < -0.4 is 0 Å². The topological polar surface area (TPSA) is 9.23 Å². The van der Waals surface area contributed by atoms with Crippen LogP contribution in [-0.2, 0) is 4.74 Å². The smallest absolute Gasteiger partial charge is 0.0650 e. The first kappa shape index (κ1) is 18.0. The second-order valence-corrected chi connectivity index (χ2v) is 6.88. The van der Waals surface area contributed by atoms with E-state index in [4.69, 9.17) is 4.74 Å². The molecule has 0 aromatic rings. The molecule has 0 rings (SSSR count). The van der Waals surface area contributed by atoms with Crippen LogP contribution in [0.25, 0.3) is 0 Å². The van der Waals surface area contributed by atoms with E-state index in [0.717, 1.165) is 0 Å². The van der Waals surface area contributed by atoms with Crippen molar-refractivity contribution in [2.75, 3.05) is 7.11 Å². The fourth-order valence-corrected chi connectivity index (χ4v) is 2.78. The van der Waals surface area contributed by atoms with Gasteiger partial charge in [-0.05, 0) is 38.0 Å². The normalized spacial score (nSPS) is 15.7. The van der Waals surface area contributed by atoms with Gasteiger partial charge < -0.3 is 4.74 Å². The van der Waals surface area contributed by atoms with E-state index in [1.165, 1.54) is 57.8 Å². The zero-order chi connectivity index (χ0) is 14.1. The second-order valence-electron chi connectivity index (χ2n) is 6.88. The lowest BCUT2D eigenvalue weighted by Crippen LogP contribution is -2.27. The third kappa shape index (κ3) is 8.13. The predicted molar refractivity (Wildman–Crippen MR) is 82.1 cm³/mol. The van der Waals surface area contributed by atoms with Crippen LogP contribution in [0.3, 0.4) is 0 Å². The largest absolute Gasteiger partial charge is 0.379 e. The van der Waals surface area contributed by atoms with Crippen molar-refractivity contribution < 1.29 is 4.74 Å². The molecule has 0 aliphatic rings. The van der Waals surface area contributed by atoms with Crippen molar-refractivity contribution in [3.8, 4) is 0 Å². The number of unbranched alkanes of at least 4 members (excludes halogenated alkanes) is 2. The maximum atomic E-state index is 5.69. The van der Waals surface area contributed by atoms with Crippen LogP contribution in [0.4, 0.5) is 0 Å². The highest BCUT2D eigenvalue weighted by atomic mass is 16.5. The van der Waals surface area contributed by atoms with E-state index in [1.807, 2.05) is 7.11 Å². The summed E-state index contributed by atoms with van der Waals surface area (Å²) in [6.07, 6.45) is 11.7. The van der Waals surface area contributed by atoms with Crippen molar-refractivity contribution in [3.63, 3.8) is 0 Å². The van der Waals surface area contributed by atoms with Crippen LogP contribution >= 0.6 is 0 Å². The van der Waals surface area contributed by atoms with Gasteiger partial charge in [0.25, 0.3) is 0 Å². The first-order chi connectivity index (χ1) is 8.39. The second kappa shape index (κ2) is 8.96. The van der Waals surface area contributed by atoms with Gasteiger partial charge in [0, 0.05) is 7.11 Å². The fourth-order valence-electron chi connectivity index (χ4n) is 2.78. The van der Waals surface area contributed by atoms with Gasteiger partial charge in [0.2, 0.25) is 0 Å². The number of rotatable bonds is 11. The molecule has 0 radical (unpaired) electrons. The van der Waals surface area contributed by atoms with Gasteiger partial charge in [0.1, 0.15) is 0 Å². The van der Waals surface area contributed by atoms with Crippen molar-refractivity contribution in [1.82, 2.24) is 0 Å². The van der Waals surface area contributed by atoms with Gasteiger partial charge in [0.15, 0.2) is 0 Å². The molecule has 0 bridgehead atoms. The molecule has 0 N–H and O–H groups in total. The summed E-state index contributed by atoms with van der Waals surface area (Å²) in [6.45, 7) is 11.6. The molecule has 0 aliphatic carbocycles. The lowest BCUT2D eigenvalue weighted by atomic mass is 9.80. The Kier molecular flexibility index (Phi) is 8.94. The Morgan fingerprint density at radius 1 is 0.722 bits per heavy atom. The highest BCUT2D eigenvalue weighted by Crippen LogP contribution is 2.32. The Bertz CT molecular complexity index is 198. The molecule has 0 saturated carbocycles. The Hall–Kier alpha value is -0.0400. The molecular formula is C17H36O. The van der Waals surface area contributed by atoms with E-state index in [1.54, 1.807) is 0 Å². The standard InChI is InChI=1S/C17H36O/c1-7-9-10-13-16(3,4)14-11-15-17(5,18-6)12-8-2/h7-15H2,1-6H3. The third-order valence-electron chi connectivity index (χ3n) is 4.29. The average molecular weight is 256 g/mol. The maximum Gasteiger partial charge on any atom is 0.0650 e. The lowest BCUT2D eigenvalue weighted by Gasteiger charge is -2.30. The number of hydrogen-bond acceptors (Lipinski definition) is 1. The molecule has 0 aliphatic heterocycles. The van der Waals surface area contributed by atoms with Crippen molar-refractivity contribution in [1.29, 1.82) is 0 Å². The van der Waals surface area contributed by atoms with Crippen LogP contribution in [0.2, 0.25) is 0 Å². The summed E-state index contributed by atoms with van der Waals surface area (Å²) in [6, 6.07) is 0. The summed E-state index contributed by atoms with van der Waals surface area (Å²) in [4.78, 5) is 0. The SMILES string of the molecule is CCCCCC(C)(C)CCCC(C)(CCC)OC. The molecule has 0 aromatic heterocycles. The van der Waals surface area contributed by atoms with Gasteiger partial charge in [-0.2, -0.15) is 0 Å². The zero-order valence-corrected chi connectivity index (χ0v) is 13.8. The van der Waals surface area contributed by atoms with Crippen LogP contribution in [0.15, 0.2) is 0 Å². The highest BCUT2D eigenvalue weighted by Gasteiger charge is 2.24. The van der Waals surface area contributed by atoms with Crippen LogP contribution in [-0.4, -0.2) is 12.7 Å². The monoisotopic (exact) mass is 256 g/mol. The molecule has 1 nitrogen and oxygen atoms in total. The van der Waals surface area contributed by atoms with E-state index in [-0.39, 0.29) is 5.60 Å². The van der Waals surface area contributed by atoms with Crippen LogP contribution in [0.5, 0.6) is 0 Å². The average Bonchev–Trinajstić information content (AvgIpc) is 2.29. The van der Waals surface area contributed by atoms with E-state index in [9.17, 15) is 0 Å². The predicted octanol–water partition coefficient (Wildman–Crippen LogP) is 5.97. The van der Waals surface area contributed by atoms with Gasteiger partial charge in [-0.15, -0.1) is 0 Å². The van der Waals surface area contributed by atoms with Crippen molar-refractivity contribution in [3.05, 3.63) is 0 Å².